The second-order valence-electron chi connectivity index (χ2n) is 3.51. The molecular weight excluding hydrogens is 385 g/mol. The highest BCUT2D eigenvalue weighted by atomic mass is 79.9. The highest BCUT2D eigenvalue weighted by Crippen LogP contribution is 2.36. The predicted molar refractivity (Wildman–Crippen MR) is 79.4 cm³/mol. The Morgan fingerprint density at radius 3 is 2.72 bits per heavy atom. The van der Waals surface area contributed by atoms with Crippen molar-refractivity contribution in [2.75, 3.05) is 12.4 Å². The molecule has 0 aliphatic heterocycles. The van der Waals surface area contributed by atoms with Gasteiger partial charge in [0.2, 0.25) is 0 Å². The molecule has 1 aromatic carbocycles. The van der Waals surface area contributed by atoms with Crippen LogP contribution in [0.2, 0.25) is 5.02 Å². The number of nitrogens with one attached hydrogen (secondary N) is 1. The zero-order chi connectivity index (χ0) is 13.1. The Labute approximate surface area is 127 Å². The molecule has 0 spiro atoms. The molecule has 3 nitrogen and oxygen atoms in total. The third-order valence-electron chi connectivity index (χ3n) is 2.34. The van der Waals surface area contributed by atoms with E-state index in [1.54, 1.807) is 19.4 Å². The lowest BCUT2D eigenvalue weighted by molar-refractivity contribution is 0.413. The first-order valence-corrected chi connectivity index (χ1v) is 7.07. The van der Waals surface area contributed by atoms with Crippen molar-refractivity contribution in [2.24, 2.45) is 0 Å². The molecule has 0 amide bonds. The van der Waals surface area contributed by atoms with Gasteiger partial charge in [-0.1, -0.05) is 11.6 Å². The van der Waals surface area contributed by atoms with E-state index in [-0.39, 0.29) is 0 Å². The van der Waals surface area contributed by atoms with Crippen molar-refractivity contribution < 1.29 is 9.15 Å². The van der Waals surface area contributed by atoms with Crippen molar-refractivity contribution in [3.63, 3.8) is 0 Å². The molecule has 0 saturated carbocycles. The summed E-state index contributed by atoms with van der Waals surface area (Å²) in [6, 6.07) is 5.44. The van der Waals surface area contributed by atoms with E-state index in [0.29, 0.717) is 17.3 Å². The van der Waals surface area contributed by atoms with Gasteiger partial charge in [-0.2, -0.15) is 0 Å². The van der Waals surface area contributed by atoms with Gasteiger partial charge in [-0.25, -0.2) is 0 Å². The quantitative estimate of drug-likeness (QED) is 0.784. The van der Waals surface area contributed by atoms with Gasteiger partial charge in [-0.15, -0.1) is 0 Å². The molecular formula is C12H10Br2ClNO2. The van der Waals surface area contributed by atoms with Crippen molar-refractivity contribution >= 4 is 49.1 Å². The lowest BCUT2D eigenvalue weighted by Gasteiger charge is -2.12. The molecule has 1 heterocycles. The van der Waals surface area contributed by atoms with E-state index in [1.165, 1.54) is 0 Å². The van der Waals surface area contributed by atoms with Crippen LogP contribution in [0.5, 0.6) is 5.75 Å². The monoisotopic (exact) mass is 393 g/mol. The minimum absolute atomic E-state index is 0.538. The number of furan rings is 1. The highest BCUT2D eigenvalue weighted by molar-refractivity contribution is 9.10. The van der Waals surface area contributed by atoms with Gasteiger partial charge in [0.05, 0.1) is 34.6 Å². The van der Waals surface area contributed by atoms with Crippen LogP contribution in [0.1, 0.15) is 5.76 Å². The molecule has 18 heavy (non-hydrogen) atoms. The van der Waals surface area contributed by atoms with Crippen molar-refractivity contribution in [3.05, 3.63) is 44.2 Å². The highest BCUT2D eigenvalue weighted by Gasteiger charge is 2.10. The first kappa shape index (κ1) is 13.8. The largest absolute Gasteiger partial charge is 0.493 e. The molecule has 6 heteroatoms. The number of anilines is 1. The summed E-state index contributed by atoms with van der Waals surface area (Å²) in [6.45, 7) is 0.538. The van der Waals surface area contributed by atoms with Gasteiger partial charge >= 0.3 is 0 Å². The Morgan fingerprint density at radius 2 is 2.11 bits per heavy atom. The number of rotatable bonds is 4. The number of ether oxygens (including phenoxy) is 1. The van der Waals surface area contributed by atoms with Crippen molar-refractivity contribution in [3.8, 4) is 5.75 Å². The molecule has 2 aromatic rings. The van der Waals surface area contributed by atoms with Gasteiger partial charge in [-0.05, 0) is 50.1 Å². The molecule has 1 N–H and O–H groups in total. The molecule has 0 saturated heterocycles. The molecule has 2 rings (SSSR count). The maximum Gasteiger partial charge on any atom is 0.156 e. The fourth-order valence-corrected chi connectivity index (χ4v) is 2.84. The summed E-state index contributed by atoms with van der Waals surface area (Å²) in [6.07, 6.45) is 1.63. The number of halogens is 3. The van der Waals surface area contributed by atoms with Crippen LogP contribution in [-0.4, -0.2) is 7.11 Å². The second-order valence-corrected chi connectivity index (χ2v) is 5.66. The van der Waals surface area contributed by atoms with Crippen LogP contribution in [0.4, 0.5) is 5.69 Å². The van der Waals surface area contributed by atoms with Gasteiger partial charge in [0, 0.05) is 5.02 Å². The standard InChI is InChI=1S/C12H10Br2ClNO2/c1-17-12-9(14)4-7(15)5-10(12)16-6-11-8(13)2-3-18-11/h2-5,16H,6H2,1H3. The van der Waals surface area contributed by atoms with E-state index >= 15 is 0 Å². The smallest absolute Gasteiger partial charge is 0.156 e. The Balaban J connectivity index is 2.21. The lowest BCUT2D eigenvalue weighted by atomic mass is 10.3. The van der Waals surface area contributed by atoms with Gasteiger partial charge in [0.15, 0.2) is 5.75 Å². The summed E-state index contributed by atoms with van der Waals surface area (Å²) in [7, 11) is 1.61. The third kappa shape index (κ3) is 3.02. The van der Waals surface area contributed by atoms with E-state index < -0.39 is 0 Å². The first-order chi connectivity index (χ1) is 8.61. The van der Waals surface area contributed by atoms with E-state index in [4.69, 9.17) is 20.8 Å². The Kier molecular flexibility index (Phi) is 4.59. The lowest BCUT2D eigenvalue weighted by Crippen LogP contribution is -2.01. The van der Waals surface area contributed by atoms with Crippen LogP contribution in [0.15, 0.2) is 37.8 Å². The molecule has 0 aliphatic rings. The summed E-state index contributed by atoms with van der Waals surface area (Å²) in [5, 5.41) is 3.85. The van der Waals surface area contributed by atoms with Crippen LogP contribution >= 0.6 is 43.5 Å². The van der Waals surface area contributed by atoms with Gasteiger partial charge in [0.25, 0.3) is 0 Å². The fraction of sp³-hybridized carbons (Fsp3) is 0.167. The molecule has 1 aromatic heterocycles. The van der Waals surface area contributed by atoms with E-state index in [9.17, 15) is 0 Å². The van der Waals surface area contributed by atoms with E-state index in [2.05, 4.69) is 37.2 Å². The van der Waals surface area contributed by atoms with Crippen LogP contribution in [0.3, 0.4) is 0 Å². The topological polar surface area (TPSA) is 34.4 Å². The number of benzene rings is 1. The fourth-order valence-electron chi connectivity index (χ4n) is 1.53. The van der Waals surface area contributed by atoms with Gasteiger partial charge < -0.3 is 14.5 Å². The van der Waals surface area contributed by atoms with Crippen LogP contribution < -0.4 is 10.1 Å². The maximum absolute atomic E-state index is 6.01. The zero-order valence-electron chi connectivity index (χ0n) is 9.47. The minimum Gasteiger partial charge on any atom is -0.493 e. The van der Waals surface area contributed by atoms with Crippen molar-refractivity contribution in [2.45, 2.75) is 6.54 Å². The Hall–Kier alpha value is -0.650. The molecule has 0 atom stereocenters. The summed E-state index contributed by atoms with van der Waals surface area (Å²) >= 11 is 12.8. The normalized spacial score (nSPS) is 10.4. The Bertz CT molecular complexity index is 557. The van der Waals surface area contributed by atoms with Crippen molar-refractivity contribution in [1.82, 2.24) is 0 Å². The molecule has 0 fully saturated rings. The third-order valence-corrected chi connectivity index (χ3v) is 3.86. The van der Waals surface area contributed by atoms with Crippen molar-refractivity contribution in [1.29, 1.82) is 0 Å². The molecule has 0 bridgehead atoms. The van der Waals surface area contributed by atoms with E-state index in [0.717, 1.165) is 20.4 Å². The SMILES string of the molecule is COc1c(Br)cc(Cl)cc1NCc1occc1Br. The summed E-state index contributed by atoms with van der Waals surface area (Å²) in [5.41, 5.74) is 0.806. The van der Waals surface area contributed by atoms with E-state index in [1.807, 2.05) is 12.1 Å². The van der Waals surface area contributed by atoms with Crippen LogP contribution in [0, 0.1) is 0 Å². The summed E-state index contributed by atoms with van der Waals surface area (Å²) in [5.74, 6) is 1.52. The maximum atomic E-state index is 6.01. The van der Waals surface area contributed by atoms with Crippen LogP contribution in [-0.2, 0) is 6.54 Å². The predicted octanol–water partition coefficient (Wildman–Crippen LogP) is 5.08. The van der Waals surface area contributed by atoms with Gasteiger partial charge in [0.1, 0.15) is 5.76 Å². The Morgan fingerprint density at radius 1 is 1.33 bits per heavy atom. The summed E-state index contributed by atoms with van der Waals surface area (Å²) < 4.78 is 12.4. The molecule has 0 radical (unpaired) electrons. The van der Waals surface area contributed by atoms with Gasteiger partial charge in [-0.3, -0.25) is 0 Å². The molecule has 96 valence electrons. The first-order valence-electron chi connectivity index (χ1n) is 5.10. The summed E-state index contributed by atoms with van der Waals surface area (Å²) in [4.78, 5) is 0. The van der Waals surface area contributed by atoms with Crippen LogP contribution in [0.25, 0.3) is 0 Å². The molecule has 0 unspecified atom stereocenters. The number of hydrogen-bond donors (Lipinski definition) is 1. The number of methoxy groups -OCH3 is 1. The average Bonchev–Trinajstić information content (AvgIpc) is 2.71. The minimum atomic E-state index is 0.538. The number of hydrogen-bond acceptors (Lipinski definition) is 3. The molecule has 0 aliphatic carbocycles. The zero-order valence-corrected chi connectivity index (χ0v) is 13.4. The average molecular weight is 395 g/mol. The second kappa shape index (κ2) is 5.99.